The lowest BCUT2D eigenvalue weighted by Crippen LogP contribution is -2.37. The van der Waals surface area contributed by atoms with Gasteiger partial charge in [-0.1, -0.05) is 13.8 Å². The lowest BCUT2D eigenvalue weighted by Gasteiger charge is -2.31. The molecule has 4 nitrogen and oxygen atoms in total. The van der Waals surface area contributed by atoms with Gasteiger partial charge in [0.25, 0.3) is 0 Å². The molecule has 0 bridgehead atoms. The molecule has 1 aromatic heterocycles. The molecule has 0 aliphatic carbocycles. The highest BCUT2D eigenvalue weighted by Gasteiger charge is 2.18. The van der Waals surface area contributed by atoms with Gasteiger partial charge in [-0.2, -0.15) is 5.26 Å². The van der Waals surface area contributed by atoms with Crippen molar-refractivity contribution >= 4 is 5.69 Å². The molecule has 0 atom stereocenters. The van der Waals surface area contributed by atoms with E-state index in [1.54, 1.807) is 6.20 Å². The maximum Gasteiger partial charge on any atom is 0.101 e. The lowest BCUT2D eigenvalue weighted by molar-refractivity contribution is 0.122. The molecule has 0 unspecified atom stereocenters. The molecule has 90 valence electrons. The third-order valence-electron chi connectivity index (χ3n) is 2.93. The first kappa shape index (κ1) is 11.9. The van der Waals surface area contributed by atoms with Gasteiger partial charge in [-0.25, -0.2) is 0 Å². The van der Waals surface area contributed by atoms with Crippen molar-refractivity contribution in [3.63, 3.8) is 0 Å². The molecule has 1 saturated heterocycles. The molecule has 17 heavy (non-hydrogen) atoms. The molecule has 0 N–H and O–H groups in total. The minimum Gasteiger partial charge on any atom is -0.378 e. The van der Waals surface area contributed by atoms with Gasteiger partial charge in [0.2, 0.25) is 0 Å². The Labute approximate surface area is 102 Å². The summed E-state index contributed by atoms with van der Waals surface area (Å²) in [5, 5.41) is 8.96. The van der Waals surface area contributed by atoms with Gasteiger partial charge in [-0.05, 0) is 12.0 Å². The van der Waals surface area contributed by atoms with Crippen LogP contribution in [0.1, 0.15) is 31.0 Å². The Kier molecular flexibility index (Phi) is 3.60. The SMILES string of the molecule is CC(C)c1ncc(C#N)cc1N1CCOCC1. The second kappa shape index (κ2) is 5.15. The van der Waals surface area contributed by atoms with Crippen LogP contribution in [0, 0.1) is 11.3 Å². The monoisotopic (exact) mass is 231 g/mol. The maximum atomic E-state index is 8.96. The van der Waals surface area contributed by atoms with Crippen molar-refractivity contribution in [2.75, 3.05) is 31.2 Å². The van der Waals surface area contributed by atoms with Gasteiger partial charge < -0.3 is 9.64 Å². The standard InChI is InChI=1S/C13H17N3O/c1-10(2)13-12(7-11(8-14)9-15-13)16-3-5-17-6-4-16/h7,9-10H,3-6H2,1-2H3. The van der Waals surface area contributed by atoms with Crippen molar-refractivity contribution in [3.05, 3.63) is 23.5 Å². The van der Waals surface area contributed by atoms with Gasteiger partial charge in [-0.15, -0.1) is 0 Å². The summed E-state index contributed by atoms with van der Waals surface area (Å²) in [7, 11) is 0. The van der Waals surface area contributed by atoms with Crippen molar-refractivity contribution in [2.24, 2.45) is 0 Å². The summed E-state index contributed by atoms with van der Waals surface area (Å²) in [4.78, 5) is 6.68. The highest BCUT2D eigenvalue weighted by molar-refractivity contribution is 5.55. The van der Waals surface area contributed by atoms with E-state index in [1.807, 2.05) is 6.07 Å². The van der Waals surface area contributed by atoms with Crippen LogP contribution < -0.4 is 4.90 Å². The second-order valence-electron chi connectivity index (χ2n) is 4.49. The van der Waals surface area contributed by atoms with Gasteiger partial charge in [0, 0.05) is 19.3 Å². The number of ether oxygens (including phenoxy) is 1. The molecule has 1 aliphatic heterocycles. The van der Waals surface area contributed by atoms with Gasteiger partial charge in [-0.3, -0.25) is 4.98 Å². The third-order valence-corrected chi connectivity index (χ3v) is 2.93. The number of morpholine rings is 1. The quantitative estimate of drug-likeness (QED) is 0.780. The van der Waals surface area contributed by atoms with E-state index in [1.165, 1.54) is 0 Å². The zero-order valence-electron chi connectivity index (χ0n) is 10.3. The van der Waals surface area contributed by atoms with Crippen LogP contribution in [-0.4, -0.2) is 31.3 Å². The predicted molar refractivity (Wildman–Crippen MR) is 66.1 cm³/mol. The molecule has 0 aromatic carbocycles. The van der Waals surface area contributed by atoms with Crippen LogP contribution in [0.3, 0.4) is 0 Å². The number of aromatic nitrogens is 1. The molecule has 1 fully saturated rings. The number of nitriles is 1. The van der Waals surface area contributed by atoms with Crippen molar-refractivity contribution in [1.82, 2.24) is 4.98 Å². The van der Waals surface area contributed by atoms with Crippen molar-refractivity contribution < 1.29 is 4.74 Å². The van der Waals surface area contributed by atoms with Crippen LogP contribution in [-0.2, 0) is 4.74 Å². The minimum atomic E-state index is 0.362. The van der Waals surface area contributed by atoms with E-state index < -0.39 is 0 Å². The fourth-order valence-corrected chi connectivity index (χ4v) is 2.03. The fourth-order valence-electron chi connectivity index (χ4n) is 2.03. The molecule has 1 aliphatic rings. The van der Waals surface area contributed by atoms with Crippen LogP contribution in [0.25, 0.3) is 0 Å². The van der Waals surface area contributed by atoms with Crippen molar-refractivity contribution in [2.45, 2.75) is 19.8 Å². The van der Waals surface area contributed by atoms with E-state index >= 15 is 0 Å². The summed E-state index contributed by atoms with van der Waals surface area (Å²) < 4.78 is 5.35. The van der Waals surface area contributed by atoms with Crippen LogP contribution in [0.4, 0.5) is 5.69 Å². The first-order valence-corrected chi connectivity index (χ1v) is 5.95. The number of pyridine rings is 1. The first-order chi connectivity index (χ1) is 8.22. The zero-order chi connectivity index (χ0) is 12.3. The summed E-state index contributed by atoms with van der Waals surface area (Å²) >= 11 is 0. The highest BCUT2D eigenvalue weighted by atomic mass is 16.5. The maximum absolute atomic E-state index is 8.96. The van der Waals surface area contributed by atoms with Gasteiger partial charge in [0.1, 0.15) is 6.07 Å². The van der Waals surface area contributed by atoms with Gasteiger partial charge >= 0.3 is 0 Å². The summed E-state index contributed by atoms with van der Waals surface area (Å²) in [5.74, 6) is 0.362. The lowest BCUT2D eigenvalue weighted by atomic mass is 10.1. The molecule has 1 aromatic rings. The van der Waals surface area contributed by atoms with Crippen LogP contribution in [0.2, 0.25) is 0 Å². The van der Waals surface area contributed by atoms with E-state index in [0.717, 1.165) is 37.7 Å². The predicted octanol–water partition coefficient (Wildman–Crippen LogP) is 1.91. The third kappa shape index (κ3) is 2.56. The summed E-state index contributed by atoms with van der Waals surface area (Å²) in [5.41, 5.74) is 2.77. The van der Waals surface area contributed by atoms with Gasteiger partial charge in [0.15, 0.2) is 0 Å². The largest absolute Gasteiger partial charge is 0.378 e. The molecule has 0 amide bonds. The van der Waals surface area contributed by atoms with E-state index in [-0.39, 0.29) is 0 Å². The zero-order valence-corrected chi connectivity index (χ0v) is 10.3. The number of anilines is 1. The molecule has 2 rings (SSSR count). The molecular weight excluding hydrogens is 214 g/mol. The highest BCUT2D eigenvalue weighted by Crippen LogP contribution is 2.27. The molecule has 4 heteroatoms. The fraction of sp³-hybridized carbons (Fsp3) is 0.538. The molecule has 0 spiro atoms. The number of rotatable bonds is 2. The first-order valence-electron chi connectivity index (χ1n) is 5.95. The van der Waals surface area contributed by atoms with E-state index in [0.29, 0.717) is 11.5 Å². The van der Waals surface area contributed by atoms with E-state index in [4.69, 9.17) is 10.00 Å². The Bertz CT molecular complexity index is 431. The van der Waals surface area contributed by atoms with E-state index in [2.05, 4.69) is 29.8 Å². The Balaban J connectivity index is 2.37. The van der Waals surface area contributed by atoms with Gasteiger partial charge in [0.05, 0.1) is 30.2 Å². The molecule has 0 saturated carbocycles. The molecule has 0 radical (unpaired) electrons. The topological polar surface area (TPSA) is 49.2 Å². The summed E-state index contributed by atoms with van der Waals surface area (Å²) in [6.07, 6.45) is 1.65. The normalized spacial score (nSPS) is 16.0. The Morgan fingerprint density at radius 1 is 1.41 bits per heavy atom. The Morgan fingerprint density at radius 3 is 2.71 bits per heavy atom. The number of hydrogen-bond acceptors (Lipinski definition) is 4. The molecule has 2 heterocycles. The number of hydrogen-bond donors (Lipinski definition) is 0. The summed E-state index contributed by atoms with van der Waals surface area (Å²) in [6, 6.07) is 4.09. The minimum absolute atomic E-state index is 0.362. The van der Waals surface area contributed by atoms with Crippen LogP contribution in [0.15, 0.2) is 12.3 Å². The summed E-state index contributed by atoms with van der Waals surface area (Å²) in [6.45, 7) is 7.48. The average Bonchev–Trinajstić information content (AvgIpc) is 2.39. The Hall–Kier alpha value is -1.60. The van der Waals surface area contributed by atoms with Crippen molar-refractivity contribution in [3.8, 4) is 6.07 Å². The second-order valence-corrected chi connectivity index (χ2v) is 4.49. The number of nitrogens with zero attached hydrogens (tertiary/aromatic N) is 3. The van der Waals surface area contributed by atoms with E-state index in [9.17, 15) is 0 Å². The Morgan fingerprint density at radius 2 is 2.12 bits per heavy atom. The smallest absolute Gasteiger partial charge is 0.101 e. The van der Waals surface area contributed by atoms with Crippen LogP contribution in [0.5, 0.6) is 0 Å². The molecular formula is C13H17N3O. The van der Waals surface area contributed by atoms with Crippen molar-refractivity contribution in [1.29, 1.82) is 5.26 Å². The average molecular weight is 231 g/mol. The van der Waals surface area contributed by atoms with Crippen LogP contribution >= 0.6 is 0 Å².